The monoisotopic (exact) mass is 1840 g/mol. The number of amides is 1. The summed E-state index contributed by atoms with van der Waals surface area (Å²) in [6.45, 7) is -11.5. The molecular weight excluding hydrogens is 1730 g/mol. The molecule has 0 aromatic heterocycles. The molecule has 11 rings (SSSR count). The van der Waals surface area contributed by atoms with Gasteiger partial charge in [-0.2, -0.15) is 0 Å². The van der Waals surface area contributed by atoms with Gasteiger partial charge < -0.3 is 278 Å². The minimum Gasteiger partial charge on any atom is -0.394 e. The van der Waals surface area contributed by atoms with Crippen molar-refractivity contribution in [2.45, 2.75) is 345 Å². The van der Waals surface area contributed by atoms with Gasteiger partial charge in [-0.05, 0) is 0 Å². The molecule has 11 aliphatic rings. The first-order valence-electron chi connectivity index (χ1n) is 39.7. The summed E-state index contributed by atoms with van der Waals surface area (Å²) in [6, 6.07) is -1.87. The van der Waals surface area contributed by atoms with Crippen LogP contribution in [0.1, 0.15) is 6.92 Å². The van der Waals surface area contributed by atoms with Gasteiger partial charge in [0, 0.05) is 6.92 Å². The number of rotatable bonds is 32. The van der Waals surface area contributed by atoms with Gasteiger partial charge in [-0.15, -0.1) is 0 Å². The van der Waals surface area contributed by atoms with Gasteiger partial charge in [0.1, 0.15) is 269 Å². The van der Waals surface area contributed by atoms with Gasteiger partial charge >= 0.3 is 0 Å². The number of aliphatic hydroxyl groups is 34. The minimum absolute atomic E-state index is 0.917. The molecule has 125 heavy (non-hydrogen) atoms. The fourth-order valence-corrected chi connectivity index (χ4v) is 16.0. The zero-order chi connectivity index (χ0) is 91.7. The maximum absolute atomic E-state index is 12.8. The summed E-state index contributed by atoms with van der Waals surface area (Å²) in [7, 11) is 0. The Morgan fingerprint density at radius 1 is 0.208 bits per heavy atom. The molecule has 0 aliphatic carbocycles. The smallest absolute Gasteiger partial charge is 0.217 e. The lowest BCUT2D eigenvalue weighted by Crippen LogP contribution is -2.69. The van der Waals surface area contributed by atoms with Gasteiger partial charge in [0.2, 0.25) is 5.91 Å². The third kappa shape index (κ3) is 22.0. The van der Waals surface area contributed by atoms with Crippen molar-refractivity contribution in [2.24, 2.45) is 0 Å². The van der Waals surface area contributed by atoms with E-state index in [1.165, 1.54) is 0 Å². The van der Waals surface area contributed by atoms with Crippen molar-refractivity contribution in [3.8, 4) is 0 Å². The SMILES string of the molecule is CC(=O)N[C@H]1C(O)O[C@H](CO)[C@@H](O[C@@H]2O[C@H](CO[C@H]3O[C@H](CO[C@H]4O[C@H](CO)[C@@H](O)[C@H](O)[C@@H]4O)[C@@H](O)[C@H](O[C@H]4O[C@H](CO)[C@@H](O)[C@H](O)[C@@H]4O)[C@@H]3O)[C@@H](O)[C@H](O[C@H]3O[C@H](CO[C@H]4O[C@H](CO)[C@@H](O)[C@H](O)[C@@H]4O[C@H]4O[C@H](CO)[C@@H](O)[C@H](O)[C@@H]4O)[C@@H](O)[C@H](O)[C@@H]3O[C@H]3O[C@H](CO)[C@@H](O)[C@H](O)[C@@H]3O[C@H]3O[C@H](CO)[C@@H](O)[C@H](O[C@H]4O[C@H](CO)[C@@H](O)[C@H](O)[C@@H]4O)[C@@H]3O)[C@@H]2O)[C@@H]1O. The Bertz CT molecular complexity index is 3250. The van der Waals surface area contributed by atoms with Crippen molar-refractivity contribution < 1.29 is 278 Å². The number of nitrogens with one attached hydrogen (secondary N) is 1. The molecule has 0 radical (unpaired) electrons. The van der Waals surface area contributed by atoms with E-state index in [2.05, 4.69) is 5.32 Å². The van der Waals surface area contributed by atoms with Gasteiger partial charge in [0.05, 0.1) is 72.7 Å². The summed E-state index contributed by atoms with van der Waals surface area (Å²) in [5, 5.41) is 379. The highest BCUT2D eigenvalue weighted by Crippen LogP contribution is 2.41. The maximum Gasteiger partial charge on any atom is 0.217 e. The zero-order valence-electron chi connectivity index (χ0n) is 65.7. The number of hydrogen-bond acceptors (Lipinski definition) is 56. The number of carbonyl (C=O) groups is 1. The lowest BCUT2D eigenvalue weighted by Gasteiger charge is -2.51. The second kappa shape index (κ2) is 44.6. The van der Waals surface area contributed by atoms with Crippen LogP contribution in [0.15, 0.2) is 0 Å². The van der Waals surface area contributed by atoms with E-state index in [0.29, 0.717) is 0 Å². The molecule has 35 N–H and O–H groups in total. The molecule has 1 unspecified atom stereocenters. The maximum atomic E-state index is 12.8. The van der Waals surface area contributed by atoms with Crippen LogP contribution in [0, 0.1) is 0 Å². The molecule has 11 aliphatic heterocycles. The summed E-state index contributed by atoms with van der Waals surface area (Å²) in [4.78, 5) is 12.5. The fourth-order valence-electron chi connectivity index (χ4n) is 16.0. The van der Waals surface area contributed by atoms with Crippen LogP contribution in [0.3, 0.4) is 0 Å². The molecular formula is C68H115NO56. The number of ether oxygens (including phenoxy) is 21. The quantitative estimate of drug-likeness (QED) is 0.0297. The molecule has 11 heterocycles. The molecule has 55 atom stereocenters. The second-order valence-corrected chi connectivity index (χ2v) is 31.7. The van der Waals surface area contributed by atoms with E-state index in [-0.39, 0.29) is 0 Å². The molecule has 1 amide bonds. The Balaban J connectivity index is 0.959. The van der Waals surface area contributed by atoms with Gasteiger partial charge in [-0.3, -0.25) is 4.79 Å². The first-order chi connectivity index (χ1) is 59.2. The van der Waals surface area contributed by atoms with Crippen LogP contribution in [0.5, 0.6) is 0 Å². The Hall–Kier alpha value is -2.73. The average molecular weight is 1840 g/mol. The summed E-state index contributed by atoms with van der Waals surface area (Å²) in [6.07, 6.45) is -120. The predicted octanol–water partition coefficient (Wildman–Crippen LogP) is -24.8. The molecule has 0 aromatic carbocycles. The molecule has 11 saturated heterocycles. The average Bonchev–Trinajstić information content (AvgIpc) is 0.769. The van der Waals surface area contributed by atoms with E-state index < -0.39 is 416 Å². The minimum atomic E-state index is -2.73. The first-order valence-corrected chi connectivity index (χ1v) is 39.7. The van der Waals surface area contributed by atoms with Gasteiger partial charge in [-0.1, -0.05) is 0 Å². The zero-order valence-corrected chi connectivity index (χ0v) is 65.7. The van der Waals surface area contributed by atoms with Crippen molar-refractivity contribution in [1.82, 2.24) is 5.32 Å². The Labute approximate surface area is 704 Å². The number of carbonyl (C=O) groups excluding carboxylic acids is 1. The second-order valence-electron chi connectivity index (χ2n) is 31.7. The summed E-state index contributed by atoms with van der Waals surface area (Å²) < 4.78 is 122. The van der Waals surface area contributed by atoms with Gasteiger partial charge in [0.15, 0.2) is 69.2 Å². The van der Waals surface area contributed by atoms with Crippen LogP contribution in [-0.2, 0) is 104 Å². The van der Waals surface area contributed by atoms with Crippen molar-refractivity contribution in [3.05, 3.63) is 0 Å². The van der Waals surface area contributed by atoms with Crippen LogP contribution in [0.25, 0.3) is 0 Å². The number of aliphatic hydroxyl groups excluding tert-OH is 34. The van der Waals surface area contributed by atoms with Crippen molar-refractivity contribution >= 4 is 5.91 Å². The summed E-state index contributed by atoms with van der Waals surface area (Å²) >= 11 is 0. The predicted molar refractivity (Wildman–Crippen MR) is 374 cm³/mol. The topological polar surface area (TPSA) is 911 Å². The van der Waals surface area contributed by atoms with Gasteiger partial charge in [-0.25, -0.2) is 0 Å². The lowest BCUT2D eigenvalue weighted by molar-refractivity contribution is -0.412. The van der Waals surface area contributed by atoms with E-state index in [1.807, 2.05) is 0 Å². The van der Waals surface area contributed by atoms with E-state index in [0.717, 1.165) is 6.92 Å². The third-order valence-electron chi connectivity index (χ3n) is 23.3. The van der Waals surface area contributed by atoms with Crippen molar-refractivity contribution in [2.75, 3.05) is 72.7 Å². The molecule has 57 nitrogen and oxygen atoms in total. The van der Waals surface area contributed by atoms with E-state index in [4.69, 9.17) is 99.5 Å². The molecule has 0 saturated carbocycles. The number of hydrogen-bond donors (Lipinski definition) is 35. The standard InChI is InChI=1S/C68H115NO56/c1-13(78)69-25-36(89)51(21(9-77)108-58(25)104)119-65-50(103)54(35(88)24(117-65)12-106-60-48(101)53(121-62-46(99)39(92)28(81)16(4-72)111-62)34(87)23(116-60)11-105-59-44(97)37(90)26(79)14(2-70)109-59)122-68-57(43(96)32(85)22(118-68)10-107-66-55(41(94)30(83)18(6-74)114-66)123-63-47(100)40(93)29(82)17(5-73)112-63)125-67-56(42(95)31(84)19(7-75)115-67)124-64-49(102)52(33(86)20(8-76)113-64)120-61-45(98)38(91)27(80)15(3-71)110-61/h14-68,70-77,79-104H,2-12H2,1H3,(H,69,78)/t14-,15-,16-,17-,18-,19-,20-,21-,22-,23-,24-,25-,26-,27-,28-,29-,30-,31-,32-,33-,34-,35-,36-,37+,38+,39+,40+,41+,42+,43+,44+,45+,46+,47+,48+,49+,50+,51-,52+,53+,54+,55+,56+,57+,58?,59+,60+,61-,62-,63-,64-,65+,66+,67-,68-/m1/s1. The molecule has 0 bridgehead atoms. The third-order valence-corrected chi connectivity index (χ3v) is 23.3. The highest BCUT2D eigenvalue weighted by Gasteiger charge is 2.62. The Kier molecular flexibility index (Phi) is 36.7. The van der Waals surface area contributed by atoms with E-state index in [1.54, 1.807) is 0 Å². The fraction of sp³-hybridized carbons (Fsp3) is 0.985. The van der Waals surface area contributed by atoms with Gasteiger partial charge in [0.25, 0.3) is 0 Å². The van der Waals surface area contributed by atoms with E-state index >= 15 is 0 Å². The summed E-state index contributed by atoms with van der Waals surface area (Å²) in [5.41, 5.74) is 0. The van der Waals surface area contributed by atoms with Crippen LogP contribution in [0.4, 0.5) is 0 Å². The molecule has 0 spiro atoms. The lowest BCUT2D eigenvalue weighted by atomic mass is 9.94. The highest BCUT2D eigenvalue weighted by molar-refractivity contribution is 5.73. The van der Waals surface area contributed by atoms with Crippen LogP contribution in [-0.4, -0.2) is 590 Å². The molecule has 0 aromatic rings. The molecule has 57 heteroatoms. The molecule has 728 valence electrons. The molecule has 11 fully saturated rings. The van der Waals surface area contributed by atoms with E-state index in [9.17, 15) is 178 Å². The van der Waals surface area contributed by atoms with Crippen molar-refractivity contribution in [3.63, 3.8) is 0 Å². The summed E-state index contributed by atoms with van der Waals surface area (Å²) in [5.74, 6) is -0.917. The largest absolute Gasteiger partial charge is 0.394 e. The first kappa shape index (κ1) is 103. The highest BCUT2D eigenvalue weighted by atomic mass is 16.8. The van der Waals surface area contributed by atoms with Crippen LogP contribution in [0.2, 0.25) is 0 Å². The van der Waals surface area contributed by atoms with Crippen LogP contribution >= 0.6 is 0 Å². The van der Waals surface area contributed by atoms with Crippen molar-refractivity contribution in [1.29, 1.82) is 0 Å². The normalized spacial score (nSPS) is 52.7. The Morgan fingerprint density at radius 3 is 0.792 bits per heavy atom. The Morgan fingerprint density at radius 2 is 0.424 bits per heavy atom. The van der Waals surface area contributed by atoms with Crippen LogP contribution < -0.4 is 5.32 Å².